The van der Waals surface area contributed by atoms with E-state index in [1.807, 2.05) is 12.3 Å². The molecule has 1 N–H and O–H groups in total. The molecule has 320 valence electrons. The van der Waals surface area contributed by atoms with Gasteiger partial charge in [-0.15, -0.1) is 35.4 Å². The fourth-order valence-electron chi connectivity index (χ4n) is 8.15. The number of pyridine rings is 2. The predicted octanol–water partition coefficient (Wildman–Crippen LogP) is 15.1. The van der Waals surface area contributed by atoms with Gasteiger partial charge in [0.15, 0.2) is 6.20 Å². The Hall–Kier alpha value is -5.11. The molecule has 0 radical (unpaired) electrons. The van der Waals surface area contributed by atoms with E-state index in [1.54, 1.807) is 0 Å². The smallest absolute Gasteiger partial charge is 0.515 e. The van der Waals surface area contributed by atoms with Crippen LogP contribution in [0.3, 0.4) is 0 Å². The Morgan fingerprint density at radius 1 is 0.548 bits per heavy atom. The summed E-state index contributed by atoms with van der Waals surface area (Å²) in [6, 6.07) is 45.1. The molecular weight excluding hydrogens is 936 g/mol. The average Bonchev–Trinajstić information content (AvgIpc) is 3.22. The third-order valence-electron chi connectivity index (χ3n) is 11.8. The van der Waals surface area contributed by atoms with Crippen molar-refractivity contribution in [1.82, 2.24) is 4.98 Å². The van der Waals surface area contributed by atoms with Gasteiger partial charge in [0.25, 0.3) is 0 Å². The predicted molar refractivity (Wildman–Crippen MR) is 257 cm³/mol. The van der Waals surface area contributed by atoms with Gasteiger partial charge in [-0.25, -0.2) is 0 Å². The maximum absolute atomic E-state index is 12.4. The van der Waals surface area contributed by atoms with Crippen molar-refractivity contribution in [3.05, 3.63) is 168 Å². The van der Waals surface area contributed by atoms with Gasteiger partial charge >= 0.3 is 21.1 Å². The molecule has 0 atom stereocenters. The number of phenolic OH excluding ortho intramolecular Hbond substituents is 1. The van der Waals surface area contributed by atoms with Gasteiger partial charge in [-0.3, -0.25) is 4.57 Å². The van der Waals surface area contributed by atoms with Crippen molar-refractivity contribution >= 4 is 0 Å². The number of rotatable bonds is 8. The monoisotopic (exact) mass is 998 g/mol. The quantitative estimate of drug-likeness (QED) is 0.122. The normalized spacial score (nSPS) is 12.2. The molecule has 0 fully saturated rings. The van der Waals surface area contributed by atoms with Crippen LogP contribution in [0.25, 0.3) is 61.5 Å². The average molecular weight is 999 g/mol. The van der Waals surface area contributed by atoms with E-state index in [0.717, 1.165) is 50.3 Å². The third-order valence-corrected chi connectivity index (χ3v) is 11.8. The molecule has 0 aliphatic carbocycles. The van der Waals surface area contributed by atoms with E-state index in [1.165, 1.54) is 38.9 Å². The number of aromatic nitrogens is 2. The summed E-state index contributed by atoms with van der Waals surface area (Å²) in [6.45, 7) is 29.2. The summed E-state index contributed by atoms with van der Waals surface area (Å²) in [5.41, 5.74) is 16.4. The summed E-state index contributed by atoms with van der Waals surface area (Å²) >= 11 is 0. The van der Waals surface area contributed by atoms with E-state index in [9.17, 15) is 5.11 Å². The first-order valence-electron chi connectivity index (χ1n) is 21.9. The van der Waals surface area contributed by atoms with Gasteiger partial charge in [0.1, 0.15) is 6.20 Å². The Morgan fingerprint density at radius 2 is 1.10 bits per heavy atom. The van der Waals surface area contributed by atoms with Gasteiger partial charge in [-0.1, -0.05) is 181 Å². The summed E-state index contributed by atoms with van der Waals surface area (Å²) in [6.07, 6.45) is 7.94. The molecule has 3 nitrogen and oxygen atoms in total. The Balaban J connectivity index is 0.00000641. The minimum atomic E-state index is -0.290. The van der Waals surface area contributed by atoms with Gasteiger partial charge in [-0.05, 0) is 107 Å². The maximum atomic E-state index is 12.4. The van der Waals surface area contributed by atoms with Gasteiger partial charge < -0.3 is 10.1 Å². The molecule has 0 aliphatic heterocycles. The second-order valence-corrected chi connectivity index (χ2v) is 20.5. The zero-order valence-electron chi connectivity index (χ0n) is 38.9. The van der Waals surface area contributed by atoms with Crippen molar-refractivity contribution in [2.24, 2.45) is 0 Å². The summed E-state index contributed by atoms with van der Waals surface area (Å²) in [4.78, 5) is 4.91. The second kappa shape index (κ2) is 17.9. The van der Waals surface area contributed by atoms with Crippen LogP contribution >= 0.6 is 0 Å². The SMILES string of the molecule is CC(C)c1cc(-c2ccccc2)cc(C(C)C)c1-c1cc(-c2cc(C(C)(C)C)cc(C(C)(C)C)c2O)[c-][n+](-c2[c-]c(-c3cc(-c4ccccc4)ccn3)cc(C(C)(C)C)c2)c1.[Pt+2]. The zero-order valence-corrected chi connectivity index (χ0v) is 41.2. The van der Waals surface area contributed by atoms with Crippen molar-refractivity contribution in [3.8, 4) is 67.2 Å². The number of aromatic hydroxyl groups is 1. The van der Waals surface area contributed by atoms with Crippen LogP contribution in [0, 0.1) is 12.3 Å². The Bertz CT molecular complexity index is 2660. The second-order valence-electron chi connectivity index (χ2n) is 20.5. The van der Waals surface area contributed by atoms with E-state index in [4.69, 9.17) is 4.98 Å². The first kappa shape index (κ1) is 46.4. The molecule has 7 rings (SSSR count). The van der Waals surface area contributed by atoms with Gasteiger partial charge in [0, 0.05) is 6.20 Å². The summed E-state index contributed by atoms with van der Waals surface area (Å²) in [7, 11) is 0. The van der Waals surface area contributed by atoms with E-state index in [0.29, 0.717) is 5.75 Å². The molecule has 0 unspecified atom stereocenters. The molecule has 62 heavy (non-hydrogen) atoms. The minimum absolute atomic E-state index is 0. The molecule has 0 saturated carbocycles. The summed E-state index contributed by atoms with van der Waals surface area (Å²) in [5, 5.41) is 12.4. The topological polar surface area (TPSA) is 37.0 Å². The molecule has 0 saturated heterocycles. The molecule has 0 bridgehead atoms. The molecular formula is C58H63N2OPt+. The summed E-state index contributed by atoms with van der Waals surface area (Å²) in [5.74, 6) is 0.781. The molecule has 2 aromatic heterocycles. The van der Waals surface area contributed by atoms with Crippen molar-refractivity contribution < 1.29 is 30.7 Å². The standard InChI is InChI=1S/C58H63N2O.Pt/c1-37(2)49-29-42(40-22-18-15-19-23-40)30-50(38(3)4)54(49)45-26-44(51-33-47(57(8,9)10)34-52(55(51)61)58(11,12)13)35-60(36-45)48-28-43(27-46(32-48)56(5,6)7)53-31-41(24-25-59-53)39-20-16-14-17-21-39;/h14-27,29-34,36-38,61H,1-13H3;/q-1;+2. The number of hydrogen-bond acceptors (Lipinski definition) is 2. The van der Waals surface area contributed by atoms with Gasteiger partial charge in [0.2, 0.25) is 0 Å². The van der Waals surface area contributed by atoms with Crippen LogP contribution in [0.2, 0.25) is 0 Å². The minimum Gasteiger partial charge on any atom is -0.515 e. The molecule has 2 heterocycles. The Kier molecular flexibility index (Phi) is 13.4. The van der Waals surface area contributed by atoms with Crippen LogP contribution in [0.15, 0.2) is 128 Å². The zero-order chi connectivity index (χ0) is 44.0. The maximum Gasteiger partial charge on any atom is 2.00 e. The molecule has 7 aromatic rings. The molecule has 0 spiro atoms. The summed E-state index contributed by atoms with van der Waals surface area (Å²) < 4.78 is 2.11. The molecule has 0 aliphatic rings. The fraction of sp³-hybridized carbons (Fsp3) is 0.310. The van der Waals surface area contributed by atoms with Crippen LogP contribution in [0.4, 0.5) is 0 Å². The number of hydrogen-bond donors (Lipinski definition) is 1. The van der Waals surface area contributed by atoms with Crippen LogP contribution < -0.4 is 4.57 Å². The van der Waals surface area contributed by atoms with E-state index < -0.39 is 0 Å². The Morgan fingerprint density at radius 3 is 1.63 bits per heavy atom. The van der Waals surface area contributed by atoms with Crippen LogP contribution in [-0.4, -0.2) is 10.1 Å². The van der Waals surface area contributed by atoms with Crippen LogP contribution in [-0.2, 0) is 37.3 Å². The van der Waals surface area contributed by atoms with Crippen LogP contribution in [0.5, 0.6) is 5.75 Å². The van der Waals surface area contributed by atoms with Crippen molar-refractivity contribution in [2.75, 3.05) is 0 Å². The van der Waals surface area contributed by atoms with Crippen LogP contribution in [0.1, 0.15) is 130 Å². The largest absolute Gasteiger partial charge is 2.00 e. The van der Waals surface area contributed by atoms with Crippen molar-refractivity contribution in [3.63, 3.8) is 0 Å². The van der Waals surface area contributed by atoms with Crippen molar-refractivity contribution in [2.45, 2.75) is 118 Å². The molecule has 4 heteroatoms. The molecule has 0 amide bonds. The first-order valence-corrected chi connectivity index (χ1v) is 21.9. The number of benzene rings is 5. The van der Waals surface area contributed by atoms with Gasteiger partial charge in [0.05, 0.1) is 11.4 Å². The van der Waals surface area contributed by atoms with E-state index in [-0.39, 0.29) is 49.1 Å². The van der Waals surface area contributed by atoms with E-state index >= 15 is 0 Å². The first-order chi connectivity index (χ1) is 28.7. The third kappa shape index (κ3) is 9.90. The number of nitrogens with zero attached hydrogens (tertiary/aromatic N) is 2. The van der Waals surface area contributed by atoms with Crippen molar-refractivity contribution in [1.29, 1.82) is 0 Å². The van der Waals surface area contributed by atoms with Gasteiger partial charge in [-0.2, -0.15) is 0 Å². The number of phenols is 1. The fourth-order valence-corrected chi connectivity index (χ4v) is 8.15. The molecule has 5 aromatic carbocycles. The Labute approximate surface area is 386 Å². The van der Waals surface area contributed by atoms with E-state index in [2.05, 4.69) is 222 Å².